The lowest BCUT2D eigenvalue weighted by molar-refractivity contribution is -0.169. The Labute approximate surface area is 198 Å². The van der Waals surface area contributed by atoms with Crippen LogP contribution in [0.3, 0.4) is 0 Å². The third kappa shape index (κ3) is 6.95. The van der Waals surface area contributed by atoms with Crippen molar-refractivity contribution in [2.45, 2.75) is 96.7 Å². The van der Waals surface area contributed by atoms with Crippen LogP contribution in [0.1, 0.15) is 72.4 Å². The summed E-state index contributed by atoms with van der Waals surface area (Å²) in [5, 5.41) is 0. The second-order valence-corrected chi connectivity index (χ2v) is 9.68. The average molecular weight is 477 g/mol. The number of hydrogen-bond acceptors (Lipinski definition) is 6. The average Bonchev–Trinajstić information content (AvgIpc) is 2.86. The molecule has 178 valence electrons. The van der Waals surface area contributed by atoms with E-state index in [0.29, 0.717) is 12.3 Å². The first-order valence-corrected chi connectivity index (χ1v) is 10.9. The summed E-state index contributed by atoms with van der Waals surface area (Å²) in [4.78, 5) is 17.4. The highest BCUT2D eigenvalue weighted by Gasteiger charge is 2.57. The molecule has 2 aliphatic rings. The maximum absolute atomic E-state index is 12.9. The predicted molar refractivity (Wildman–Crippen MR) is 126 cm³/mol. The third-order valence-corrected chi connectivity index (χ3v) is 5.93. The molecule has 0 aromatic carbocycles. The van der Waals surface area contributed by atoms with Gasteiger partial charge in [-0.05, 0) is 50.0 Å². The number of hydrogen-bond donors (Lipinski definition) is 1. The van der Waals surface area contributed by atoms with Crippen molar-refractivity contribution in [3.8, 4) is 5.75 Å². The number of cyclic esters (lactones) is 1. The number of carbonyl (C=O) groups is 1. The largest absolute Gasteiger partial charge is 0.490 e. The van der Waals surface area contributed by atoms with Gasteiger partial charge in [0.05, 0.1) is 6.10 Å². The van der Waals surface area contributed by atoms with Gasteiger partial charge in [0.25, 0.3) is 0 Å². The van der Waals surface area contributed by atoms with E-state index >= 15 is 0 Å². The van der Waals surface area contributed by atoms with Crippen LogP contribution < -0.4 is 10.5 Å². The predicted octanol–water partition coefficient (Wildman–Crippen LogP) is 4.85. The number of carbonyl (C=O) groups excluding carboxylic acids is 1. The highest BCUT2D eigenvalue weighted by Crippen LogP contribution is 2.38. The molecule has 1 aliphatic carbocycles. The smallest absolute Gasteiger partial charge is 0.343 e. The molecule has 3 rings (SSSR count). The van der Waals surface area contributed by atoms with E-state index in [2.05, 4.69) is 25.8 Å². The van der Waals surface area contributed by atoms with E-state index in [-0.39, 0.29) is 37.3 Å². The topological polar surface area (TPSA) is 83.7 Å². The lowest BCUT2D eigenvalue weighted by Gasteiger charge is -2.32. The van der Waals surface area contributed by atoms with Crippen LogP contribution in [0.25, 0.3) is 0 Å². The maximum Gasteiger partial charge on any atom is 0.343 e. The van der Waals surface area contributed by atoms with Crippen LogP contribution in [-0.4, -0.2) is 34.5 Å². The number of ether oxygens (including phenoxy) is 3. The summed E-state index contributed by atoms with van der Waals surface area (Å²) in [7, 11) is 0. The fourth-order valence-electron chi connectivity index (χ4n) is 4.41. The Kier molecular flexibility index (Phi) is 10.1. The Balaban J connectivity index is 0.00000240. The molecular weight excluding hydrogens is 439 g/mol. The monoisotopic (exact) mass is 476 g/mol. The van der Waals surface area contributed by atoms with Crippen LogP contribution in [0, 0.1) is 11.8 Å². The standard InChI is InChI=1S/C23H36N2O4.2ClH/c1-15(2)12-20(24)23(21(26)28-22(4,5)29-23)14-17-13-19(10-11-25-17)27-18-8-6-16(3)7-9-18;;/h10-11,13,15-16,18,20H,6-9,12,14,24H2,1-5H3;2*1H/t16?,18?,20-,23+;;/m0../s1. The van der Waals surface area contributed by atoms with Crippen LogP contribution in [0.5, 0.6) is 5.75 Å². The van der Waals surface area contributed by atoms with Crippen LogP contribution in [-0.2, 0) is 20.7 Å². The molecule has 2 heterocycles. The second-order valence-electron chi connectivity index (χ2n) is 9.68. The molecule has 0 amide bonds. The molecule has 6 nitrogen and oxygen atoms in total. The van der Waals surface area contributed by atoms with Gasteiger partial charge in [0, 0.05) is 44.3 Å². The lowest BCUT2D eigenvalue weighted by Crippen LogP contribution is -2.55. The summed E-state index contributed by atoms with van der Waals surface area (Å²) in [5.74, 6) is 0.480. The molecular formula is C23H38Cl2N2O4. The summed E-state index contributed by atoms with van der Waals surface area (Å²) in [6.45, 7) is 9.94. The first-order valence-electron chi connectivity index (χ1n) is 10.9. The van der Waals surface area contributed by atoms with E-state index in [4.69, 9.17) is 19.9 Å². The number of pyridine rings is 1. The minimum Gasteiger partial charge on any atom is -0.490 e. The van der Waals surface area contributed by atoms with Crippen molar-refractivity contribution in [3.63, 3.8) is 0 Å². The quantitative estimate of drug-likeness (QED) is 0.566. The van der Waals surface area contributed by atoms with Crippen molar-refractivity contribution >= 4 is 30.8 Å². The highest BCUT2D eigenvalue weighted by atomic mass is 35.5. The molecule has 0 radical (unpaired) electrons. The van der Waals surface area contributed by atoms with E-state index in [1.54, 1.807) is 20.0 Å². The zero-order chi connectivity index (χ0) is 21.2. The van der Waals surface area contributed by atoms with Gasteiger partial charge in [0.15, 0.2) is 5.60 Å². The molecule has 2 fully saturated rings. The Bertz CT molecular complexity index is 723. The Morgan fingerprint density at radius 2 is 1.87 bits per heavy atom. The van der Waals surface area contributed by atoms with Crippen molar-refractivity contribution in [1.82, 2.24) is 4.98 Å². The zero-order valence-corrected chi connectivity index (χ0v) is 20.9. The molecule has 1 aromatic rings. The molecule has 8 heteroatoms. The molecule has 1 saturated heterocycles. The van der Waals surface area contributed by atoms with Gasteiger partial charge in [0.2, 0.25) is 5.79 Å². The maximum atomic E-state index is 12.9. The number of halogens is 2. The fraction of sp³-hybridized carbons (Fsp3) is 0.739. The third-order valence-electron chi connectivity index (χ3n) is 5.93. The molecule has 1 aromatic heterocycles. The SMILES string of the molecule is CC(C)C[C@H](N)[C@@]1(Cc2cc(OC3CCC(C)CC3)ccn2)OC(C)(C)OC1=O.Cl.Cl. The van der Waals surface area contributed by atoms with Gasteiger partial charge in [-0.1, -0.05) is 20.8 Å². The molecule has 1 saturated carbocycles. The Hall–Kier alpha value is -1.08. The molecule has 2 N–H and O–H groups in total. The second kappa shape index (κ2) is 11.2. The molecule has 1 aliphatic heterocycles. The van der Waals surface area contributed by atoms with Crippen molar-refractivity contribution in [2.75, 3.05) is 0 Å². The van der Waals surface area contributed by atoms with Gasteiger partial charge in [-0.3, -0.25) is 4.98 Å². The van der Waals surface area contributed by atoms with Gasteiger partial charge < -0.3 is 19.9 Å². The number of rotatable bonds is 7. The van der Waals surface area contributed by atoms with Crippen molar-refractivity contribution in [1.29, 1.82) is 0 Å². The normalized spacial score (nSPS) is 28.3. The minimum atomic E-state index is -1.24. The fourth-order valence-corrected chi connectivity index (χ4v) is 4.41. The van der Waals surface area contributed by atoms with Crippen molar-refractivity contribution < 1.29 is 19.0 Å². The minimum absolute atomic E-state index is 0. The van der Waals surface area contributed by atoms with Crippen molar-refractivity contribution in [2.24, 2.45) is 17.6 Å². The van der Waals surface area contributed by atoms with Crippen LogP contribution in [0.2, 0.25) is 0 Å². The van der Waals surface area contributed by atoms with Crippen LogP contribution in [0.4, 0.5) is 0 Å². The van der Waals surface area contributed by atoms with E-state index < -0.39 is 23.4 Å². The molecule has 31 heavy (non-hydrogen) atoms. The van der Waals surface area contributed by atoms with Crippen LogP contribution >= 0.6 is 24.8 Å². The summed E-state index contributed by atoms with van der Waals surface area (Å²) in [6.07, 6.45) is 7.43. The van der Waals surface area contributed by atoms with Crippen molar-refractivity contribution in [3.05, 3.63) is 24.0 Å². The summed E-state index contributed by atoms with van der Waals surface area (Å²) >= 11 is 0. The molecule has 0 unspecified atom stereocenters. The Morgan fingerprint density at radius 3 is 2.42 bits per heavy atom. The molecule has 0 spiro atoms. The van der Waals surface area contributed by atoms with Gasteiger partial charge >= 0.3 is 5.97 Å². The first kappa shape index (κ1) is 28.0. The zero-order valence-electron chi connectivity index (χ0n) is 19.3. The number of esters is 1. The number of nitrogens with two attached hydrogens (primary N) is 1. The van der Waals surface area contributed by atoms with E-state index in [1.807, 2.05) is 12.1 Å². The number of aromatic nitrogens is 1. The van der Waals surface area contributed by atoms with E-state index in [0.717, 1.165) is 30.2 Å². The van der Waals surface area contributed by atoms with E-state index in [1.165, 1.54) is 12.8 Å². The highest BCUT2D eigenvalue weighted by molar-refractivity contribution is 5.85. The molecule has 0 bridgehead atoms. The van der Waals surface area contributed by atoms with E-state index in [9.17, 15) is 4.79 Å². The summed E-state index contributed by atoms with van der Waals surface area (Å²) in [5.41, 5.74) is 5.98. The summed E-state index contributed by atoms with van der Waals surface area (Å²) < 4.78 is 17.8. The first-order chi connectivity index (χ1) is 13.6. The van der Waals surface area contributed by atoms with Gasteiger partial charge in [0.1, 0.15) is 5.75 Å². The van der Waals surface area contributed by atoms with Gasteiger partial charge in [-0.15, -0.1) is 24.8 Å². The summed E-state index contributed by atoms with van der Waals surface area (Å²) in [6, 6.07) is 3.30. The van der Waals surface area contributed by atoms with Gasteiger partial charge in [-0.2, -0.15) is 0 Å². The lowest BCUT2D eigenvalue weighted by atomic mass is 9.84. The number of nitrogens with zero attached hydrogens (tertiary/aromatic N) is 1. The van der Waals surface area contributed by atoms with Gasteiger partial charge in [-0.25, -0.2) is 4.79 Å². The Morgan fingerprint density at radius 1 is 1.23 bits per heavy atom. The molecule has 2 atom stereocenters. The van der Waals surface area contributed by atoms with Crippen LogP contribution in [0.15, 0.2) is 18.3 Å².